The highest BCUT2D eigenvalue weighted by atomic mass is 16.4. The van der Waals surface area contributed by atoms with Gasteiger partial charge in [0.05, 0.1) is 0 Å². The molecule has 4 N–H and O–H groups in total. The number of benzene rings is 4. The first-order valence-corrected chi connectivity index (χ1v) is 8.18. The summed E-state index contributed by atoms with van der Waals surface area (Å²) in [7, 11) is 0. The van der Waals surface area contributed by atoms with Crippen molar-refractivity contribution in [2.45, 2.75) is 0 Å². The minimum absolute atomic E-state index is 0.0388. The summed E-state index contributed by atoms with van der Waals surface area (Å²) in [5.41, 5.74) is -0.0388. The molecule has 0 unspecified atom stereocenters. The first-order chi connectivity index (χ1) is 13.5. The van der Waals surface area contributed by atoms with Gasteiger partial charge in [0, 0.05) is 5.39 Å². The molecule has 0 aromatic heterocycles. The predicted molar refractivity (Wildman–Crippen MR) is 107 cm³/mol. The van der Waals surface area contributed by atoms with Crippen molar-refractivity contribution in [1.82, 2.24) is 0 Å². The quantitative estimate of drug-likeness (QED) is 0.363. The van der Waals surface area contributed by atoms with Crippen LogP contribution in [-0.2, 0) is 4.79 Å². The molecule has 0 heterocycles. The summed E-state index contributed by atoms with van der Waals surface area (Å²) in [4.78, 5) is 19.2. The maximum Gasteiger partial charge on any atom is 0.340 e. The Labute approximate surface area is 160 Å². The van der Waals surface area contributed by atoms with Crippen molar-refractivity contribution < 1.29 is 30.0 Å². The lowest BCUT2D eigenvalue weighted by Gasteiger charge is -2.03. The lowest BCUT2D eigenvalue weighted by Crippen LogP contribution is -1.97. The molecule has 0 aliphatic carbocycles. The minimum atomic E-state index is -1.11. The average Bonchev–Trinajstić information content (AvgIpc) is 2.69. The fraction of sp³-hybridized carbons (Fsp3) is 0. The second-order valence-corrected chi connectivity index (χ2v) is 5.59. The van der Waals surface area contributed by atoms with Gasteiger partial charge in [-0.05, 0) is 28.3 Å². The molecular weight excluding hydrogens is 360 g/mol. The molecule has 4 rings (SSSR count). The SMILES string of the molecule is O=C(O)c1c(O)ccc2ccccc12.O=CO.Oc1cccc2ccccc12. The normalized spacial score (nSPS) is 9.57. The van der Waals surface area contributed by atoms with Gasteiger partial charge in [-0.1, -0.05) is 66.7 Å². The zero-order chi connectivity index (χ0) is 20.5. The molecule has 0 amide bonds. The molecule has 0 aliphatic rings. The van der Waals surface area contributed by atoms with Crippen LogP contribution in [-0.4, -0.2) is 32.9 Å². The molecule has 0 bridgehead atoms. The molecule has 4 aromatic carbocycles. The van der Waals surface area contributed by atoms with E-state index in [2.05, 4.69) is 0 Å². The van der Waals surface area contributed by atoms with Crippen molar-refractivity contribution in [3.63, 3.8) is 0 Å². The van der Waals surface area contributed by atoms with E-state index < -0.39 is 5.97 Å². The third kappa shape index (κ3) is 4.76. The number of hydrogen-bond donors (Lipinski definition) is 4. The van der Waals surface area contributed by atoms with Crippen molar-refractivity contribution in [1.29, 1.82) is 0 Å². The Hall–Kier alpha value is -4.06. The van der Waals surface area contributed by atoms with Crippen molar-refractivity contribution >= 4 is 34.0 Å². The number of phenols is 2. The first kappa shape index (κ1) is 20.3. The molecule has 0 fully saturated rings. The fourth-order valence-electron chi connectivity index (χ4n) is 2.69. The smallest absolute Gasteiger partial charge is 0.340 e. The summed E-state index contributed by atoms with van der Waals surface area (Å²) in [5.74, 6) is -0.960. The summed E-state index contributed by atoms with van der Waals surface area (Å²) in [6, 6.07) is 23.4. The van der Waals surface area contributed by atoms with Gasteiger partial charge in [0.2, 0.25) is 0 Å². The summed E-state index contributed by atoms with van der Waals surface area (Å²) in [5, 5.41) is 37.9. The van der Waals surface area contributed by atoms with Crippen molar-refractivity contribution in [2.24, 2.45) is 0 Å². The monoisotopic (exact) mass is 378 g/mol. The molecule has 6 nitrogen and oxygen atoms in total. The molecule has 6 heteroatoms. The third-order valence-corrected chi connectivity index (χ3v) is 3.89. The molecule has 142 valence electrons. The standard InChI is InChI=1S/C11H8O3.C10H8O.CH2O2/c12-9-6-5-7-3-1-2-4-8(7)10(9)11(13)14;11-10-7-3-5-8-4-1-2-6-9(8)10;2-1-3/h1-6,12H,(H,13,14);1-7,11H;1H,(H,2,3). The molecule has 0 radical (unpaired) electrons. The predicted octanol–water partition coefficient (Wildman–Crippen LogP) is 4.49. The number of carbonyl (C=O) groups is 2. The number of fused-ring (bicyclic) bond motifs is 2. The van der Waals surface area contributed by atoms with Crippen LogP contribution in [0.1, 0.15) is 10.4 Å². The van der Waals surface area contributed by atoms with E-state index >= 15 is 0 Å². The van der Waals surface area contributed by atoms with Gasteiger partial charge in [0.25, 0.3) is 6.47 Å². The van der Waals surface area contributed by atoms with Crippen molar-refractivity contribution in [2.75, 3.05) is 0 Å². The minimum Gasteiger partial charge on any atom is -0.507 e. The Bertz CT molecular complexity index is 1100. The Balaban J connectivity index is 0.000000180. The van der Waals surface area contributed by atoms with E-state index in [9.17, 15) is 15.0 Å². The topological polar surface area (TPSA) is 115 Å². The van der Waals surface area contributed by atoms with Crippen LogP contribution in [0.15, 0.2) is 78.9 Å². The molecular formula is C22H18O6. The second kappa shape index (κ2) is 9.59. The number of aromatic hydroxyl groups is 2. The van der Waals surface area contributed by atoms with E-state index in [1.165, 1.54) is 6.07 Å². The molecule has 0 spiro atoms. The Kier molecular flexibility index (Phi) is 6.93. The number of phenolic OH excluding ortho intramolecular Hbond substituents is 1. The lowest BCUT2D eigenvalue weighted by molar-refractivity contribution is -0.122. The summed E-state index contributed by atoms with van der Waals surface area (Å²) in [6.45, 7) is -0.250. The molecule has 0 saturated carbocycles. The van der Waals surface area contributed by atoms with Crippen molar-refractivity contribution in [3.8, 4) is 11.5 Å². The maximum atomic E-state index is 10.9. The Morgan fingerprint density at radius 2 is 1.18 bits per heavy atom. The maximum absolute atomic E-state index is 10.9. The number of carboxylic acid groups (broad SMARTS) is 2. The van der Waals surface area contributed by atoms with Gasteiger partial charge in [-0.25, -0.2) is 4.79 Å². The summed E-state index contributed by atoms with van der Waals surface area (Å²) >= 11 is 0. The van der Waals surface area contributed by atoms with E-state index in [1.54, 1.807) is 30.3 Å². The first-order valence-electron chi connectivity index (χ1n) is 8.18. The largest absolute Gasteiger partial charge is 0.507 e. The van der Waals surface area contributed by atoms with Gasteiger partial charge < -0.3 is 20.4 Å². The Morgan fingerprint density at radius 1 is 0.679 bits per heavy atom. The van der Waals surface area contributed by atoms with E-state index in [4.69, 9.17) is 15.0 Å². The number of rotatable bonds is 1. The summed E-state index contributed by atoms with van der Waals surface area (Å²) < 4.78 is 0. The van der Waals surface area contributed by atoms with Gasteiger partial charge in [-0.3, -0.25) is 4.79 Å². The van der Waals surface area contributed by atoms with E-state index in [0.717, 1.165) is 16.2 Å². The zero-order valence-electron chi connectivity index (χ0n) is 14.7. The van der Waals surface area contributed by atoms with E-state index in [0.29, 0.717) is 11.1 Å². The number of carboxylic acids is 1. The fourth-order valence-corrected chi connectivity index (χ4v) is 2.69. The highest BCUT2D eigenvalue weighted by Gasteiger charge is 2.12. The molecule has 4 aromatic rings. The number of aromatic carboxylic acids is 1. The zero-order valence-corrected chi connectivity index (χ0v) is 14.7. The van der Waals surface area contributed by atoms with Crippen LogP contribution < -0.4 is 0 Å². The number of hydrogen-bond acceptors (Lipinski definition) is 4. The van der Waals surface area contributed by atoms with Crippen LogP contribution in [0, 0.1) is 0 Å². The molecule has 28 heavy (non-hydrogen) atoms. The average molecular weight is 378 g/mol. The van der Waals surface area contributed by atoms with Crippen LogP contribution in [0.4, 0.5) is 0 Å². The van der Waals surface area contributed by atoms with Crippen molar-refractivity contribution in [3.05, 3.63) is 84.4 Å². The summed E-state index contributed by atoms with van der Waals surface area (Å²) in [6.07, 6.45) is 0. The van der Waals surface area contributed by atoms with Gasteiger partial charge in [0.15, 0.2) is 0 Å². The van der Waals surface area contributed by atoms with Crippen LogP contribution >= 0.6 is 0 Å². The molecule has 0 saturated heterocycles. The van der Waals surface area contributed by atoms with Gasteiger partial charge in [-0.2, -0.15) is 0 Å². The van der Waals surface area contributed by atoms with Gasteiger partial charge >= 0.3 is 5.97 Å². The third-order valence-electron chi connectivity index (χ3n) is 3.89. The highest BCUT2D eigenvalue weighted by molar-refractivity contribution is 6.06. The highest BCUT2D eigenvalue weighted by Crippen LogP contribution is 2.26. The van der Waals surface area contributed by atoms with Gasteiger partial charge in [0.1, 0.15) is 17.1 Å². The molecule has 0 aliphatic heterocycles. The van der Waals surface area contributed by atoms with Crippen LogP contribution in [0.25, 0.3) is 21.5 Å². The Morgan fingerprint density at radius 3 is 1.75 bits per heavy atom. The van der Waals surface area contributed by atoms with E-state index in [1.807, 2.05) is 42.5 Å². The molecule has 0 atom stereocenters. The van der Waals surface area contributed by atoms with E-state index in [-0.39, 0.29) is 17.8 Å². The van der Waals surface area contributed by atoms with Crippen LogP contribution in [0.5, 0.6) is 11.5 Å². The second-order valence-electron chi connectivity index (χ2n) is 5.59. The lowest BCUT2D eigenvalue weighted by atomic mass is 10.0. The van der Waals surface area contributed by atoms with Gasteiger partial charge in [-0.15, -0.1) is 0 Å². The van der Waals surface area contributed by atoms with Crippen LogP contribution in [0.2, 0.25) is 0 Å². The van der Waals surface area contributed by atoms with Crippen LogP contribution in [0.3, 0.4) is 0 Å².